The number of carboxylic acid groups (broad SMARTS) is 1. The first-order valence-corrected chi connectivity index (χ1v) is 8.02. The maximum atomic E-state index is 11.5. The maximum absolute atomic E-state index is 11.5. The van der Waals surface area contributed by atoms with Crippen LogP contribution in [0.3, 0.4) is 0 Å². The number of nitrogens with zero attached hydrogens (tertiary/aromatic N) is 1. The van der Waals surface area contributed by atoms with Gasteiger partial charge in [0.05, 0.1) is 23.7 Å². The van der Waals surface area contributed by atoms with Crippen LogP contribution in [-0.2, 0) is 17.6 Å². The van der Waals surface area contributed by atoms with Crippen molar-refractivity contribution >= 4 is 5.97 Å². The molecular formula is C20H21NO3. The molecule has 2 aromatic rings. The predicted octanol–water partition coefficient (Wildman–Crippen LogP) is 3.19. The van der Waals surface area contributed by atoms with E-state index >= 15 is 0 Å². The molecule has 0 fully saturated rings. The lowest BCUT2D eigenvalue weighted by Crippen LogP contribution is -2.23. The molecule has 2 aromatic carbocycles. The van der Waals surface area contributed by atoms with Gasteiger partial charge < -0.3 is 10.2 Å². The van der Waals surface area contributed by atoms with Crippen LogP contribution in [0.4, 0.5) is 0 Å². The van der Waals surface area contributed by atoms with Gasteiger partial charge in [0, 0.05) is 0 Å². The molecule has 0 heterocycles. The van der Waals surface area contributed by atoms with Gasteiger partial charge in [0.25, 0.3) is 0 Å². The number of aliphatic carboxylic acids is 1. The molecule has 0 aliphatic carbocycles. The molecule has 4 heteroatoms. The van der Waals surface area contributed by atoms with Crippen molar-refractivity contribution in [1.29, 1.82) is 5.26 Å². The molecule has 2 atom stereocenters. The Morgan fingerprint density at radius 1 is 1.04 bits per heavy atom. The van der Waals surface area contributed by atoms with Gasteiger partial charge in [-0.25, -0.2) is 0 Å². The van der Waals surface area contributed by atoms with E-state index in [0.717, 1.165) is 17.5 Å². The van der Waals surface area contributed by atoms with E-state index in [1.807, 2.05) is 36.4 Å². The zero-order valence-corrected chi connectivity index (χ0v) is 13.4. The molecular weight excluding hydrogens is 302 g/mol. The number of benzene rings is 2. The summed E-state index contributed by atoms with van der Waals surface area (Å²) in [6.07, 6.45) is 1.20. The van der Waals surface area contributed by atoms with Crippen molar-refractivity contribution in [3.05, 3.63) is 71.3 Å². The van der Waals surface area contributed by atoms with Gasteiger partial charge in [-0.2, -0.15) is 5.26 Å². The molecule has 124 valence electrons. The first-order chi connectivity index (χ1) is 11.6. The molecule has 0 aliphatic heterocycles. The summed E-state index contributed by atoms with van der Waals surface area (Å²) in [6, 6.07) is 18.8. The largest absolute Gasteiger partial charge is 0.481 e. The van der Waals surface area contributed by atoms with Gasteiger partial charge in [-0.15, -0.1) is 0 Å². The number of carboxylic acids is 1. The number of aryl methyl sites for hydroxylation is 1. The van der Waals surface area contributed by atoms with E-state index in [0.29, 0.717) is 18.4 Å². The fourth-order valence-electron chi connectivity index (χ4n) is 2.70. The maximum Gasteiger partial charge on any atom is 0.306 e. The Labute approximate surface area is 142 Å². The zero-order chi connectivity index (χ0) is 17.4. The van der Waals surface area contributed by atoms with Gasteiger partial charge in [-0.1, -0.05) is 42.5 Å². The lowest BCUT2D eigenvalue weighted by molar-refractivity contribution is -0.142. The number of hydrogen-bond acceptors (Lipinski definition) is 3. The number of aliphatic hydroxyl groups is 1. The highest BCUT2D eigenvalue weighted by molar-refractivity contribution is 5.70. The summed E-state index contributed by atoms with van der Waals surface area (Å²) < 4.78 is 0. The second-order valence-electron chi connectivity index (χ2n) is 5.96. The lowest BCUT2D eigenvalue weighted by atomic mass is 9.91. The Balaban J connectivity index is 1.90. The molecule has 0 bridgehead atoms. The van der Waals surface area contributed by atoms with Crippen LogP contribution >= 0.6 is 0 Å². The molecule has 2 rings (SSSR count). The topological polar surface area (TPSA) is 81.3 Å². The van der Waals surface area contributed by atoms with Crippen molar-refractivity contribution in [2.45, 2.75) is 31.8 Å². The van der Waals surface area contributed by atoms with Crippen LogP contribution in [0.5, 0.6) is 0 Å². The molecule has 0 saturated heterocycles. The van der Waals surface area contributed by atoms with Gasteiger partial charge in [-0.05, 0) is 48.9 Å². The normalized spacial score (nSPS) is 13.0. The van der Waals surface area contributed by atoms with E-state index < -0.39 is 18.0 Å². The van der Waals surface area contributed by atoms with Gasteiger partial charge in [0.2, 0.25) is 0 Å². The smallest absolute Gasteiger partial charge is 0.306 e. The third-order valence-corrected chi connectivity index (χ3v) is 4.08. The van der Waals surface area contributed by atoms with Crippen molar-refractivity contribution in [2.75, 3.05) is 0 Å². The van der Waals surface area contributed by atoms with Crippen LogP contribution in [-0.4, -0.2) is 22.3 Å². The number of nitriles is 1. The van der Waals surface area contributed by atoms with Crippen molar-refractivity contribution in [3.63, 3.8) is 0 Å². The van der Waals surface area contributed by atoms with Gasteiger partial charge >= 0.3 is 5.97 Å². The minimum Gasteiger partial charge on any atom is -0.481 e. The molecule has 0 aromatic heterocycles. The summed E-state index contributed by atoms with van der Waals surface area (Å²) in [7, 11) is 0. The summed E-state index contributed by atoms with van der Waals surface area (Å²) in [6.45, 7) is 0. The molecule has 0 unspecified atom stereocenters. The van der Waals surface area contributed by atoms with Crippen LogP contribution in [0.1, 0.15) is 29.5 Å². The zero-order valence-electron chi connectivity index (χ0n) is 13.4. The highest BCUT2D eigenvalue weighted by atomic mass is 16.4. The van der Waals surface area contributed by atoms with Crippen molar-refractivity contribution in [3.8, 4) is 6.07 Å². The fraction of sp³-hybridized carbons (Fsp3) is 0.300. The molecule has 2 N–H and O–H groups in total. The minimum absolute atomic E-state index is 0.224. The Hall–Kier alpha value is -2.64. The third kappa shape index (κ3) is 5.53. The summed E-state index contributed by atoms with van der Waals surface area (Å²) in [5, 5.41) is 28.4. The van der Waals surface area contributed by atoms with E-state index in [2.05, 4.69) is 0 Å². The highest BCUT2D eigenvalue weighted by Crippen LogP contribution is 2.18. The first-order valence-electron chi connectivity index (χ1n) is 8.02. The Morgan fingerprint density at radius 3 is 2.29 bits per heavy atom. The highest BCUT2D eigenvalue weighted by Gasteiger charge is 2.22. The molecule has 4 nitrogen and oxygen atoms in total. The molecule has 0 aliphatic rings. The molecule has 0 saturated carbocycles. The second-order valence-corrected chi connectivity index (χ2v) is 5.96. The summed E-state index contributed by atoms with van der Waals surface area (Å²) >= 11 is 0. The van der Waals surface area contributed by atoms with E-state index in [1.165, 1.54) is 0 Å². The standard InChI is InChI=1S/C20H21NO3/c21-14-17-8-6-16(7-9-17)12-18(20(23)24)13-19(22)11-10-15-4-2-1-3-5-15/h1-9,18-19,22H,10-13H2,(H,23,24)/t18-,19+/m1/s1. The molecule has 0 radical (unpaired) electrons. The molecule has 0 spiro atoms. The van der Waals surface area contributed by atoms with Crippen LogP contribution < -0.4 is 0 Å². The van der Waals surface area contributed by atoms with E-state index in [9.17, 15) is 15.0 Å². The third-order valence-electron chi connectivity index (χ3n) is 4.08. The van der Waals surface area contributed by atoms with Crippen LogP contribution in [0.15, 0.2) is 54.6 Å². The predicted molar refractivity (Wildman–Crippen MR) is 91.4 cm³/mol. The van der Waals surface area contributed by atoms with Gasteiger partial charge in [0.1, 0.15) is 0 Å². The quantitative estimate of drug-likeness (QED) is 0.782. The Morgan fingerprint density at radius 2 is 1.71 bits per heavy atom. The number of rotatable bonds is 8. The Kier molecular flexibility index (Phi) is 6.53. The fourth-order valence-corrected chi connectivity index (χ4v) is 2.70. The number of carbonyl (C=O) groups is 1. The Bertz CT molecular complexity index is 689. The van der Waals surface area contributed by atoms with E-state index in [1.54, 1.807) is 24.3 Å². The number of hydrogen-bond donors (Lipinski definition) is 2. The van der Waals surface area contributed by atoms with Crippen molar-refractivity contribution < 1.29 is 15.0 Å². The van der Waals surface area contributed by atoms with Crippen molar-refractivity contribution in [1.82, 2.24) is 0 Å². The van der Waals surface area contributed by atoms with E-state index in [-0.39, 0.29) is 6.42 Å². The van der Waals surface area contributed by atoms with Crippen LogP contribution in [0, 0.1) is 17.2 Å². The summed E-state index contributed by atoms with van der Waals surface area (Å²) in [5.41, 5.74) is 2.54. The van der Waals surface area contributed by atoms with Gasteiger partial charge in [-0.3, -0.25) is 4.79 Å². The molecule has 24 heavy (non-hydrogen) atoms. The SMILES string of the molecule is N#Cc1ccc(C[C@H](C[C@@H](O)CCc2ccccc2)C(=O)O)cc1. The number of aliphatic hydroxyl groups excluding tert-OH is 1. The first kappa shape index (κ1) is 17.7. The molecule has 0 amide bonds. The summed E-state index contributed by atoms with van der Waals surface area (Å²) in [4.78, 5) is 11.5. The average Bonchev–Trinajstić information content (AvgIpc) is 2.61. The van der Waals surface area contributed by atoms with Crippen LogP contribution in [0.2, 0.25) is 0 Å². The van der Waals surface area contributed by atoms with Gasteiger partial charge in [0.15, 0.2) is 0 Å². The van der Waals surface area contributed by atoms with E-state index in [4.69, 9.17) is 5.26 Å². The minimum atomic E-state index is -0.905. The lowest BCUT2D eigenvalue weighted by Gasteiger charge is -2.17. The second kappa shape index (κ2) is 8.85. The average molecular weight is 323 g/mol. The van der Waals surface area contributed by atoms with Crippen molar-refractivity contribution in [2.24, 2.45) is 5.92 Å². The monoisotopic (exact) mass is 323 g/mol. The van der Waals surface area contributed by atoms with Crippen LogP contribution in [0.25, 0.3) is 0 Å². The summed E-state index contributed by atoms with van der Waals surface area (Å²) in [5.74, 6) is -1.54.